The highest BCUT2D eigenvalue weighted by Crippen LogP contribution is 2.24. The van der Waals surface area contributed by atoms with E-state index in [0.29, 0.717) is 11.1 Å². The molecule has 0 saturated heterocycles. The highest BCUT2D eigenvalue weighted by atomic mass is 16.6. The van der Waals surface area contributed by atoms with Crippen LogP contribution in [0.5, 0.6) is 0 Å². The maximum Gasteiger partial charge on any atom is 0.280 e. The quantitative estimate of drug-likeness (QED) is 0.494. The number of hydrogen-bond donors (Lipinski definition) is 1. The molecule has 0 atom stereocenters. The number of benzene rings is 2. The highest BCUT2D eigenvalue weighted by molar-refractivity contribution is 6.22. The van der Waals surface area contributed by atoms with Crippen molar-refractivity contribution in [2.24, 2.45) is 0 Å². The van der Waals surface area contributed by atoms with Crippen LogP contribution in [0.4, 0.5) is 11.4 Å². The summed E-state index contributed by atoms with van der Waals surface area (Å²) in [4.78, 5) is 56.7. The van der Waals surface area contributed by atoms with E-state index in [-0.39, 0.29) is 11.1 Å². The highest BCUT2D eigenvalue weighted by Gasteiger charge is 2.37. The molecule has 2 aromatic rings. The molecule has 0 bridgehead atoms. The molecule has 0 spiro atoms. The van der Waals surface area contributed by atoms with Crippen molar-refractivity contribution in [2.75, 3.05) is 0 Å². The largest absolute Gasteiger partial charge is 0.280 e. The molecule has 0 aliphatic carbocycles. The number of nitro groups is 2. The molecule has 3 amide bonds. The van der Waals surface area contributed by atoms with Crippen LogP contribution in [0, 0.1) is 20.2 Å². The fraction of sp³-hybridized carbons (Fsp3) is 0. The van der Waals surface area contributed by atoms with Crippen LogP contribution in [0.2, 0.25) is 0 Å². The summed E-state index contributed by atoms with van der Waals surface area (Å²) in [6.45, 7) is 0. The number of nitro benzene ring substituents is 2. The zero-order chi connectivity index (χ0) is 19.0. The summed E-state index contributed by atoms with van der Waals surface area (Å²) in [5.74, 6) is -2.64. The minimum Gasteiger partial charge on any atom is -0.267 e. The molecule has 1 aliphatic rings. The van der Waals surface area contributed by atoms with Crippen LogP contribution in [0.25, 0.3) is 0 Å². The Balaban J connectivity index is 1.92. The number of carbonyl (C=O) groups is 3. The third-order valence-corrected chi connectivity index (χ3v) is 3.59. The van der Waals surface area contributed by atoms with Gasteiger partial charge in [0.1, 0.15) is 0 Å². The smallest absolute Gasteiger partial charge is 0.267 e. The maximum atomic E-state index is 12.3. The molecule has 2 aromatic carbocycles. The van der Waals surface area contributed by atoms with Gasteiger partial charge in [-0.3, -0.25) is 40.0 Å². The van der Waals surface area contributed by atoms with Crippen molar-refractivity contribution in [1.82, 2.24) is 10.4 Å². The lowest BCUT2D eigenvalue weighted by atomic mass is 10.1. The number of hydrazine groups is 1. The van der Waals surface area contributed by atoms with Gasteiger partial charge in [0, 0.05) is 12.1 Å². The van der Waals surface area contributed by atoms with Crippen LogP contribution in [-0.4, -0.2) is 32.6 Å². The first kappa shape index (κ1) is 16.7. The number of nitrogens with one attached hydrogen (secondary N) is 1. The van der Waals surface area contributed by atoms with Gasteiger partial charge in [0.05, 0.1) is 32.6 Å². The second-order valence-corrected chi connectivity index (χ2v) is 5.18. The summed E-state index contributed by atoms with van der Waals surface area (Å²) in [5, 5.41) is 22.2. The average Bonchev–Trinajstić information content (AvgIpc) is 2.86. The van der Waals surface area contributed by atoms with Gasteiger partial charge in [-0.05, 0) is 12.1 Å². The zero-order valence-electron chi connectivity index (χ0n) is 12.7. The Morgan fingerprint density at radius 3 is 1.77 bits per heavy atom. The van der Waals surface area contributed by atoms with Crippen LogP contribution in [-0.2, 0) is 0 Å². The maximum absolute atomic E-state index is 12.3. The van der Waals surface area contributed by atoms with Crippen LogP contribution in [0.15, 0.2) is 42.5 Å². The van der Waals surface area contributed by atoms with E-state index in [0.717, 1.165) is 12.1 Å². The van der Waals surface area contributed by atoms with Gasteiger partial charge in [-0.25, -0.2) is 0 Å². The van der Waals surface area contributed by atoms with Gasteiger partial charge in [-0.1, -0.05) is 12.1 Å². The van der Waals surface area contributed by atoms with Gasteiger partial charge in [-0.2, -0.15) is 5.01 Å². The Kier molecular flexibility index (Phi) is 3.89. The monoisotopic (exact) mass is 356 g/mol. The van der Waals surface area contributed by atoms with E-state index in [1.54, 1.807) is 12.1 Å². The third-order valence-electron chi connectivity index (χ3n) is 3.59. The van der Waals surface area contributed by atoms with Gasteiger partial charge < -0.3 is 0 Å². The first-order valence-corrected chi connectivity index (χ1v) is 7.02. The number of hydrogen-bond acceptors (Lipinski definition) is 7. The lowest BCUT2D eigenvalue weighted by Crippen LogP contribution is -2.45. The summed E-state index contributed by atoms with van der Waals surface area (Å²) >= 11 is 0. The van der Waals surface area contributed by atoms with Crippen molar-refractivity contribution in [3.05, 3.63) is 79.4 Å². The Labute approximate surface area is 144 Å². The number of fused-ring (bicyclic) bond motifs is 1. The molecule has 0 saturated carbocycles. The van der Waals surface area contributed by atoms with Gasteiger partial charge in [-0.15, -0.1) is 0 Å². The minimum atomic E-state index is -1.08. The van der Waals surface area contributed by atoms with E-state index < -0.39 is 44.5 Å². The summed E-state index contributed by atoms with van der Waals surface area (Å²) < 4.78 is 0. The van der Waals surface area contributed by atoms with Crippen molar-refractivity contribution in [2.45, 2.75) is 0 Å². The van der Waals surface area contributed by atoms with E-state index in [1.165, 1.54) is 12.1 Å². The minimum absolute atomic E-state index is 0.0859. The van der Waals surface area contributed by atoms with Crippen LogP contribution >= 0.6 is 0 Å². The fourth-order valence-electron chi connectivity index (χ4n) is 2.39. The molecule has 130 valence electrons. The second kappa shape index (κ2) is 6.05. The molecule has 1 N–H and O–H groups in total. The second-order valence-electron chi connectivity index (χ2n) is 5.18. The molecule has 0 aromatic heterocycles. The number of amides is 3. The molecule has 1 heterocycles. The molecular weight excluding hydrogens is 348 g/mol. The Bertz CT molecular complexity index is 934. The van der Waals surface area contributed by atoms with Crippen molar-refractivity contribution in [3.8, 4) is 0 Å². The van der Waals surface area contributed by atoms with Crippen molar-refractivity contribution in [1.29, 1.82) is 0 Å². The SMILES string of the molecule is O=C(NN1C(=O)c2ccccc2C1=O)c1cc([N+](=O)[O-])cc([N+](=O)[O-])c1. The number of carbonyl (C=O) groups excluding carboxylic acids is 3. The van der Waals surface area contributed by atoms with Crippen LogP contribution < -0.4 is 5.43 Å². The molecule has 1 aliphatic heterocycles. The lowest BCUT2D eigenvalue weighted by Gasteiger charge is -2.14. The van der Waals surface area contributed by atoms with Gasteiger partial charge >= 0.3 is 0 Å². The van der Waals surface area contributed by atoms with Crippen molar-refractivity contribution in [3.63, 3.8) is 0 Å². The predicted octanol–water partition coefficient (Wildman–Crippen LogP) is 1.44. The first-order chi connectivity index (χ1) is 12.3. The molecule has 11 nitrogen and oxygen atoms in total. The van der Waals surface area contributed by atoms with E-state index in [2.05, 4.69) is 0 Å². The zero-order valence-corrected chi connectivity index (χ0v) is 12.7. The summed E-state index contributed by atoms with van der Waals surface area (Å²) in [6, 6.07) is 8.19. The molecule has 3 rings (SSSR count). The molecule has 0 fully saturated rings. The molecule has 0 radical (unpaired) electrons. The predicted molar refractivity (Wildman–Crippen MR) is 84.2 cm³/mol. The summed E-state index contributed by atoms with van der Waals surface area (Å²) in [5.41, 5.74) is 0.405. The van der Waals surface area contributed by atoms with Gasteiger partial charge in [0.15, 0.2) is 0 Å². The Morgan fingerprint density at radius 2 is 1.35 bits per heavy atom. The molecule has 26 heavy (non-hydrogen) atoms. The van der Waals surface area contributed by atoms with Gasteiger partial charge in [0.25, 0.3) is 29.1 Å². The first-order valence-electron chi connectivity index (χ1n) is 7.02. The Hall–Kier alpha value is -4.15. The number of rotatable bonds is 4. The molecule has 0 unspecified atom stereocenters. The summed E-state index contributed by atoms with van der Waals surface area (Å²) in [6.07, 6.45) is 0. The topological polar surface area (TPSA) is 153 Å². The number of imide groups is 1. The lowest BCUT2D eigenvalue weighted by molar-refractivity contribution is -0.394. The van der Waals surface area contributed by atoms with E-state index in [1.807, 2.05) is 5.43 Å². The van der Waals surface area contributed by atoms with Crippen molar-refractivity contribution >= 4 is 29.1 Å². The van der Waals surface area contributed by atoms with Crippen LogP contribution in [0.3, 0.4) is 0 Å². The van der Waals surface area contributed by atoms with E-state index in [4.69, 9.17) is 0 Å². The average molecular weight is 356 g/mol. The number of nitrogens with zero attached hydrogens (tertiary/aromatic N) is 3. The molecule has 11 heteroatoms. The normalized spacial score (nSPS) is 12.7. The molecular formula is C15H8N4O7. The fourth-order valence-corrected chi connectivity index (χ4v) is 2.39. The third kappa shape index (κ3) is 2.73. The standard InChI is InChI=1S/C15H8N4O7/c20-13(8-5-9(18(23)24)7-10(6-8)19(25)26)16-17-14(21)11-3-1-2-4-12(11)15(17)22/h1-7H,(H,16,20). The summed E-state index contributed by atoms with van der Waals surface area (Å²) in [7, 11) is 0. The van der Waals surface area contributed by atoms with Crippen molar-refractivity contribution < 1.29 is 24.2 Å². The van der Waals surface area contributed by atoms with E-state index in [9.17, 15) is 34.6 Å². The van der Waals surface area contributed by atoms with Crippen LogP contribution in [0.1, 0.15) is 31.1 Å². The number of non-ortho nitro benzene ring substituents is 2. The van der Waals surface area contributed by atoms with E-state index >= 15 is 0 Å². The Morgan fingerprint density at radius 1 is 0.885 bits per heavy atom. The van der Waals surface area contributed by atoms with Gasteiger partial charge in [0.2, 0.25) is 0 Å².